The molecule has 1 heterocycles. The van der Waals surface area contributed by atoms with E-state index in [9.17, 15) is 13.2 Å². The molecule has 0 atom stereocenters. The molecule has 32 heavy (non-hydrogen) atoms. The number of carbonyl (C=O) groups is 1. The zero-order valence-corrected chi connectivity index (χ0v) is 20.4. The number of rotatable bonds is 8. The summed E-state index contributed by atoms with van der Waals surface area (Å²) in [5.74, 6) is 0.369. The van der Waals surface area contributed by atoms with E-state index in [2.05, 4.69) is 17.0 Å². The number of hydrogen-bond acceptors (Lipinski definition) is 4. The van der Waals surface area contributed by atoms with Crippen molar-refractivity contribution in [3.63, 3.8) is 0 Å². The Morgan fingerprint density at radius 3 is 2.25 bits per heavy atom. The Morgan fingerprint density at radius 2 is 1.69 bits per heavy atom. The zero-order valence-electron chi connectivity index (χ0n) is 19.6. The van der Waals surface area contributed by atoms with E-state index in [-0.39, 0.29) is 17.6 Å². The second-order valence-electron chi connectivity index (χ2n) is 9.03. The Hall–Kier alpha value is -2.38. The van der Waals surface area contributed by atoms with Crippen molar-refractivity contribution in [3.8, 4) is 0 Å². The minimum atomic E-state index is -3.44. The van der Waals surface area contributed by atoms with Crippen molar-refractivity contribution in [2.45, 2.75) is 40.0 Å². The van der Waals surface area contributed by atoms with Crippen molar-refractivity contribution in [2.75, 3.05) is 37.6 Å². The first kappa shape index (κ1) is 24.3. The fourth-order valence-corrected chi connectivity index (χ4v) is 5.74. The Bertz CT molecular complexity index is 1010. The van der Waals surface area contributed by atoms with Gasteiger partial charge in [0.15, 0.2) is 0 Å². The van der Waals surface area contributed by atoms with Crippen molar-refractivity contribution in [2.24, 2.45) is 5.92 Å². The third-order valence-corrected chi connectivity index (χ3v) is 7.68. The summed E-state index contributed by atoms with van der Waals surface area (Å²) in [5.41, 5.74) is 4.03. The van der Waals surface area contributed by atoms with Gasteiger partial charge in [-0.3, -0.25) is 4.79 Å². The van der Waals surface area contributed by atoms with E-state index in [1.165, 1.54) is 0 Å². The maximum Gasteiger partial charge on any atom is 0.219 e. The van der Waals surface area contributed by atoms with Crippen LogP contribution in [0.5, 0.6) is 0 Å². The summed E-state index contributed by atoms with van der Waals surface area (Å²) < 4.78 is 28.1. The molecule has 7 heteroatoms. The third-order valence-electron chi connectivity index (χ3n) is 5.92. The highest BCUT2D eigenvalue weighted by atomic mass is 32.2. The predicted octanol–water partition coefficient (Wildman–Crippen LogP) is 3.65. The highest BCUT2D eigenvalue weighted by Gasteiger charge is 2.25. The molecular formula is C25H35N3O3S. The number of piperazine rings is 1. The van der Waals surface area contributed by atoms with E-state index in [1.807, 2.05) is 62.1 Å². The first-order valence-corrected chi connectivity index (χ1v) is 12.9. The van der Waals surface area contributed by atoms with E-state index in [1.54, 1.807) is 11.2 Å². The van der Waals surface area contributed by atoms with Crippen molar-refractivity contribution in [3.05, 3.63) is 65.2 Å². The molecule has 1 fully saturated rings. The van der Waals surface area contributed by atoms with Gasteiger partial charge in [-0.2, -0.15) is 4.31 Å². The Balaban J connectivity index is 1.74. The van der Waals surface area contributed by atoms with Crippen LogP contribution < -0.4 is 4.90 Å². The van der Waals surface area contributed by atoms with E-state index in [0.717, 1.165) is 48.6 Å². The van der Waals surface area contributed by atoms with Gasteiger partial charge in [-0.15, -0.1) is 0 Å². The summed E-state index contributed by atoms with van der Waals surface area (Å²) in [6.45, 7) is 11.7. The molecule has 0 bridgehead atoms. The van der Waals surface area contributed by atoms with Crippen LogP contribution >= 0.6 is 0 Å². The van der Waals surface area contributed by atoms with E-state index >= 15 is 0 Å². The molecule has 0 saturated carbocycles. The Kier molecular flexibility index (Phi) is 7.96. The van der Waals surface area contributed by atoms with E-state index in [0.29, 0.717) is 13.1 Å². The molecule has 2 aromatic rings. The van der Waals surface area contributed by atoms with Gasteiger partial charge < -0.3 is 9.80 Å². The lowest BCUT2D eigenvalue weighted by Crippen LogP contribution is -2.48. The van der Waals surface area contributed by atoms with Crippen LogP contribution in [-0.4, -0.2) is 56.3 Å². The number of benzene rings is 2. The van der Waals surface area contributed by atoms with Crippen LogP contribution in [0.15, 0.2) is 48.5 Å². The molecule has 0 spiro atoms. The molecule has 0 N–H and O–H groups in total. The maximum absolute atomic E-state index is 13.2. The molecule has 1 amide bonds. The summed E-state index contributed by atoms with van der Waals surface area (Å²) in [6, 6.07) is 15.6. The molecule has 0 unspecified atom stereocenters. The quantitative estimate of drug-likeness (QED) is 0.607. The molecule has 0 radical (unpaired) electrons. The molecule has 1 aliphatic heterocycles. The lowest BCUT2D eigenvalue weighted by atomic mass is 10.1. The van der Waals surface area contributed by atoms with Crippen LogP contribution in [0.25, 0.3) is 0 Å². The number of carbonyl (C=O) groups excluding carboxylic acids is 1. The highest BCUT2D eigenvalue weighted by Crippen LogP contribution is 2.24. The minimum Gasteiger partial charge on any atom is -0.368 e. The molecule has 6 nitrogen and oxygen atoms in total. The van der Waals surface area contributed by atoms with Gasteiger partial charge in [0.1, 0.15) is 0 Å². The Morgan fingerprint density at radius 1 is 1.03 bits per heavy atom. The smallest absolute Gasteiger partial charge is 0.219 e. The largest absolute Gasteiger partial charge is 0.368 e. The second-order valence-corrected chi connectivity index (χ2v) is 11.0. The SMILES string of the molecule is CC(=O)N1CCN(c2ccc(CN(CC(C)C)S(=O)(=O)Cc3ccccc3)c(C)c2)CC1. The van der Waals surface area contributed by atoms with Crippen molar-refractivity contribution >= 4 is 21.6 Å². The van der Waals surface area contributed by atoms with E-state index < -0.39 is 10.0 Å². The maximum atomic E-state index is 13.2. The number of nitrogens with zero attached hydrogens (tertiary/aromatic N) is 3. The molecule has 2 aromatic carbocycles. The van der Waals surface area contributed by atoms with Crippen molar-refractivity contribution in [1.82, 2.24) is 9.21 Å². The van der Waals surface area contributed by atoms with Gasteiger partial charge in [0.05, 0.1) is 5.75 Å². The van der Waals surface area contributed by atoms with Gasteiger partial charge in [0.25, 0.3) is 0 Å². The number of aryl methyl sites for hydroxylation is 1. The number of sulfonamides is 1. The third kappa shape index (κ3) is 6.33. The lowest BCUT2D eigenvalue weighted by Gasteiger charge is -2.36. The first-order valence-electron chi connectivity index (χ1n) is 11.3. The normalized spacial score (nSPS) is 14.9. The topological polar surface area (TPSA) is 60.9 Å². The highest BCUT2D eigenvalue weighted by molar-refractivity contribution is 7.88. The summed E-state index contributed by atoms with van der Waals surface area (Å²) in [6.07, 6.45) is 0. The molecule has 174 valence electrons. The lowest BCUT2D eigenvalue weighted by molar-refractivity contribution is -0.129. The first-order chi connectivity index (χ1) is 15.2. The van der Waals surface area contributed by atoms with Crippen LogP contribution in [0.1, 0.15) is 37.5 Å². The molecule has 3 rings (SSSR count). The standard InChI is InChI=1S/C25H35N3O3S/c1-20(2)17-28(32(30,31)19-23-8-6-5-7-9-23)18-24-10-11-25(16-21(24)3)27-14-12-26(13-15-27)22(4)29/h5-11,16,20H,12-15,17-19H2,1-4H3. The van der Waals surface area contributed by atoms with Gasteiger partial charge in [-0.25, -0.2) is 8.42 Å². The van der Waals surface area contributed by atoms with Crippen molar-refractivity contribution < 1.29 is 13.2 Å². The molecular weight excluding hydrogens is 422 g/mol. The monoisotopic (exact) mass is 457 g/mol. The molecule has 0 aromatic heterocycles. The van der Waals surface area contributed by atoms with Crippen LogP contribution in [0.3, 0.4) is 0 Å². The zero-order chi connectivity index (χ0) is 23.3. The molecule has 1 saturated heterocycles. The van der Waals surface area contributed by atoms with Crippen LogP contribution in [0.4, 0.5) is 5.69 Å². The average molecular weight is 458 g/mol. The van der Waals surface area contributed by atoms with Gasteiger partial charge >= 0.3 is 0 Å². The summed E-state index contributed by atoms with van der Waals surface area (Å²) in [7, 11) is -3.44. The second kappa shape index (κ2) is 10.5. The minimum absolute atomic E-state index is 0.0120. The van der Waals surface area contributed by atoms with Crippen LogP contribution in [0, 0.1) is 12.8 Å². The average Bonchev–Trinajstić information content (AvgIpc) is 2.74. The molecule has 0 aliphatic carbocycles. The van der Waals surface area contributed by atoms with Gasteiger partial charge in [0, 0.05) is 51.9 Å². The number of amides is 1. The number of anilines is 1. The predicted molar refractivity (Wildman–Crippen MR) is 130 cm³/mol. The summed E-state index contributed by atoms with van der Waals surface area (Å²) in [4.78, 5) is 15.7. The van der Waals surface area contributed by atoms with Gasteiger partial charge in [0.2, 0.25) is 15.9 Å². The summed E-state index contributed by atoms with van der Waals surface area (Å²) >= 11 is 0. The van der Waals surface area contributed by atoms with Crippen molar-refractivity contribution in [1.29, 1.82) is 0 Å². The van der Waals surface area contributed by atoms with Crippen LogP contribution in [0.2, 0.25) is 0 Å². The summed E-state index contributed by atoms with van der Waals surface area (Å²) in [5, 5.41) is 0. The van der Waals surface area contributed by atoms with Crippen LogP contribution in [-0.2, 0) is 27.1 Å². The van der Waals surface area contributed by atoms with Gasteiger partial charge in [-0.1, -0.05) is 50.2 Å². The van der Waals surface area contributed by atoms with E-state index in [4.69, 9.17) is 0 Å². The fraction of sp³-hybridized carbons (Fsp3) is 0.480. The Labute approximate surface area is 192 Å². The molecule has 1 aliphatic rings. The fourth-order valence-electron chi connectivity index (χ4n) is 4.08. The number of hydrogen-bond donors (Lipinski definition) is 0. The van der Waals surface area contributed by atoms with Gasteiger partial charge in [-0.05, 0) is 41.7 Å².